The van der Waals surface area contributed by atoms with Crippen molar-refractivity contribution in [3.8, 4) is 5.75 Å². The summed E-state index contributed by atoms with van der Waals surface area (Å²) in [6, 6.07) is 3.59. The van der Waals surface area contributed by atoms with Crippen molar-refractivity contribution in [2.75, 3.05) is 13.2 Å². The number of phenolic OH excluding ortho intramolecular Hbond substituents is 1. The maximum atomic E-state index is 11.4. The molecular formula is C12H17NO3. The molecule has 4 nitrogen and oxygen atoms in total. The molecule has 0 aliphatic rings. The van der Waals surface area contributed by atoms with Gasteiger partial charge in [-0.1, -0.05) is 12.1 Å². The summed E-state index contributed by atoms with van der Waals surface area (Å²) in [5, 5.41) is 20.7. The minimum absolute atomic E-state index is 0.0562. The number of nitrogens with one attached hydrogen (secondary N) is 1. The van der Waals surface area contributed by atoms with Gasteiger partial charge in [0, 0.05) is 6.54 Å². The summed E-state index contributed by atoms with van der Waals surface area (Å²) < 4.78 is 0. The largest absolute Gasteiger partial charge is 0.507 e. The van der Waals surface area contributed by atoms with Crippen molar-refractivity contribution >= 4 is 5.91 Å². The van der Waals surface area contributed by atoms with Crippen molar-refractivity contribution in [2.24, 2.45) is 0 Å². The first-order chi connectivity index (χ1) is 7.54. The summed E-state index contributed by atoms with van der Waals surface area (Å²) >= 11 is 0. The summed E-state index contributed by atoms with van der Waals surface area (Å²) in [5.41, 5.74) is 2.40. The molecule has 1 aromatic carbocycles. The van der Waals surface area contributed by atoms with Crippen molar-refractivity contribution in [1.82, 2.24) is 5.32 Å². The number of rotatable bonds is 4. The maximum absolute atomic E-state index is 11.4. The minimum atomic E-state index is -0.126. The van der Waals surface area contributed by atoms with Gasteiger partial charge in [0.2, 0.25) is 5.91 Å². The molecule has 0 saturated heterocycles. The highest BCUT2D eigenvalue weighted by atomic mass is 16.3. The van der Waals surface area contributed by atoms with Gasteiger partial charge in [-0.3, -0.25) is 4.79 Å². The Morgan fingerprint density at radius 3 is 2.38 bits per heavy atom. The second-order valence-corrected chi connectivity index (χ2v) is 3.83. The first kappa shape index (κ1) is 12.5. The van der Waals surface area contributed by atoms with Crippen molar-refractivity contribution in [3.63, 3.8) is 0 Å². The van der Waals surface area contributed by atoms with Crippen LogP contribution in [0.25, 0.3) is 0 Å². The molecule has 0 aliphatic heterocycles. The molecule has 1 amide bonds. The number of benzene rings is 1. The summed E-state index contributed by atoms with van der Waals surface area (Å²) in [6.45, 7) is 3.82. The predicted octanol–water partition coefficient (Wildman–Crippen LogP) is 0.660. The molecule has 3 N–H and O–H groups in total. The SMILES string of the molecule is Cc1cc(CC(=O)NCCO)cc(C)c1O. The van der Waals surface area contributed by atoms with Gasteiger partial charge in [0.15, 0.2) is 0 Å². The predicted molar refractivity (Wildman–Crippen MR) is 61.4 cm³/mol. The number of carbonyl (C=O) groups excluding carboxylic acids is 1. The van der Waals surface area contributed by atoms with Crippen LogP contribution in [0.2, 0.25) is 0 Å². The molecule has 0 aromatic heterocycles. The third-order valence-corrected chi connectivity index (χ3v) is 2.35. The lowest BCUT2D eigenvalue weighted by Crippen LogP contribution is -2.27. The van der Waals surface area contributed by atoms with Crippen LogP contribution in [0.4, 0.5) is 0 Å². The summed E-state index contributed by atoms with van der Waals surface area (Å²) in [6.07, 6.45) is 0.266. The molecule has 0 bridgehead atoms. The number of aliphatic hydroxyl groups excluding tert-OH is 1. The Hall–Kier alpha value is -1.55. The fraction of sp³-hybridized carbons (Fsp3) is 0.417. The van der Waals surface area contributed by atoms with E-state index < -0.39 is 0 Å². The van der Waals surface area contributed by atoms with Gasteiger partial charge >= 0.3 is 0 Å². The van der Waals surface area contributed by atoms with Gasteiger partial charge in [0.25, 0.3) is 0 Å². The van der Waals surface area contributed by atoms with E-state index in [9.17, 15) is 9.90 Å². The first-order valence-electron chi connectivity index (χ1n) is 5.21. The van der Waals surface area contributed by atoms with E-state index in [1.807, 2.05) is 0 Å². The number of aliphatic hydroxyl groups is 1. The van der Waals surface area contributed by atoms with Crippen LogP contribution in [0.3, 0.4) is 0 Å². The summed E-state index contributed by atoms with van der Waals surface area (Å²) in [5.74, 6) is 0.151. The van der Waals surface area contributed by atoms with E-state index >= 15 is 0 Å². The lowest BCUT2D eigenvalue weighted by atomic mass is 10.0. The van der Waals surface area contributed by atoms with E-state index in [0.717, 1.165) is 16.7 Å². The smallest absolute Gasteiger partial charge is 0.224 e. The standard InChI is InChI=1S/C12H17NO3/c1-8-5-10(6-9(2)12(8)16)7-11(15)13-3-4-14/h5-6,14,16H,3-4,7H2,1-2H3,(H,13,15). The fourth-order valence-electron chi connectivity index (χ4n) is 1.59. The third kappa shape index (κ3) is 3.24. The van der Waals surface area contributed by atoms with Crippen LogP contribution >= 0.6 is 0 Å². The topological polar surface area (TPSA) is 69.6 Å². The average Bonchev–Trinajstić information content (AvgIpc) is 2.23. The van der Waals surface area contributed by atoms with Crippen LogP contribution in [0.1, 0.15) is 16.7 Å². The zero-order valence-electron chi connectivity index (χ0n) is 9.58. The zero-order chi connectivity index (χ0) is 12.1. The van der Waals surface area contributed by atoms with Gasteiger partial charge in [-0.05, 0) is 30.5 Å². The monoisotopic (exact) mass is 223 g/mol. The number of amides is 1. The van der Waals surface area contributed by atoms with E-state index in [2.05, 4.69) is 5.32 Å². The van der Waals surface area contributed by atoms with Gasteiger partial charge in [-0.2, -0.15) is 0 Å². The van der Waals surface area contributed by atoms with Gasteiger partial charge in [0.05, 0.1) is 13.0 Å². The quantitative estimate of drug-likeness (QED) is 0.702. The Balaban J connectivity index is 2.71. The second kappa shape index (κ2) is 5.51. The van der Waals surface area contributed by atoms with E-state index in [1.54, 1.807) is 26.0 Å². The summed E-state index contributed by atoms with van der Waals surface area (Å²) in [4.78, 5) is 11.4. The number of aromatic hydroxyl groups is 1. The van der Waals surface area contributed by atoms with Crippen LogP contribution in [0, 0.1) is 13.8 Å². The molecular weight excluding hydrogens is 206 g/mol. The van der Waals surface area contributed by atoms with Crippen LogP contribution in [-0.4, -0.2) is 29.3 Å². The molecule has 0 radical (unpaired) electrons. The van der Waals surface area contributed by atoms with Crippen molar-refractivity contribution in [3.05, 3.63) is 28.8 Å². The van der Waals surface area contributed by atoms with Crippen LogP contribution in [0.15, 0.2) is 12.1 Å². The molecule has 0 saturated carbocycles. The highest BCUT2D eigenvalue weighted by Crippen LogP contribution is 2.22. The third-order valence-electron chi connectivity index (χ3n) is 2.35. The van der Waals surface area contributed by atoms with Gasteiger partial charge in [-0.15, -0.1) is 0 Å². The van der Waals surface area contributed by atoms with E-state index in [4.69, 9.17) is 5.11 Å². The van der Waals surface area contributed by atoms with Gasteiger partial charge < -0.3 is 15.5 Å². The number of aryl methyl sites for hydroxylation is 2. The lowest BCUT2D eigenvalue weighted by Gasteiger charge is -2.08. The Morgan fingerprint density at radius 1 is 1.31 bits per heavy atom. The van der Waals surface area contributed by atoms with Crippen LogP contribution in [0.5, 0.6) is 5.75 Å². The molecule has 0 unspecified atom stereocenters. The van der Waals surface area contributed by atoms with Gasteiger partial charge in [0.1, 0.15) is 5.75 Å². The van der Waals surface area contributed by atoms with E-state index in [0.29, 0.717) is 0 Å². The number of hydrogen-bond acceptors (Lipinski definition) is 3. The van der Waals surface area contributed by atoms with Gasteiger partial charge in [-0.25, -0.2) is 0 Å². The van der Waals surface area contributed by atoms with E-state index in [-0.39, 0.29) is 31.2 Å². The molecule has 1 aromatic rings. The normalized spacial score (nSPS) is 10.2. The molecule has 88 valence electrons. The molecule has 0 spiro atoms. The molecule has 4 heteroatoms. The first-order valence-corrected chi connectivity index (χ1v) is 5.21. The highest BCUT2D eigenvalue weighted by molar-refractivity contribution is 5.78. The minimum Gasteiger partial charge on any atom is -0.507 e. The maximum Gasteiger partial charge on any atom is 0.224 e. The average molecular weight is 223 g/mol. The Labute approximate surface area is 94.9 Å². The van der Waals surface area contributed by atoms with Crippen molar-refractivity contribution in [2.45, 2.75) is 20.3 Å². The van der Waals surface area contributed by atoms with Crippen molar-refractivity contribution in [1.29, 1.82) is 0 Å². The molecule has 0 atom stereocenters. The van der Waals surface area contributed by atoms with Crippen LogP contribution in [-0.2, 0) is 11.2 Å². The Kier molecular flexibility index (Phi) is 4.31. The van der Waals surface area contributed by atoms with Crippen LogP contribution < -0.4 is 5.32 Å². The molecule has 1 rings (SSSR count). The molecule has 0 fully saturated rings. The second-order valence-electron chi connectivity index (χ2n) is 3.83. The number of phenols is 1. The zero-order valence-corrected chi connectivity index (χ0v) is 9.58. The summed E-state index contributed by atoms with van der Waals surface area (Å²) in [7, 11) is 0. The Morgan fingerprint density at radius 2 is 1.88 bits per heavy atom. The van der Waals surface area contributed by atoms with Crippen molar-refractivity contribution < 1.29 is 15.0 Å². The Bertz CT molecular complexity index is 365. The van der Waals surface area contributed by atoms with E-state index in [1.165, 1.54) is 0 Å². The highest BCUT2D eigenvalue weighted by Gasteiger charge is 2.07. The molecule has 0 aliphatic carbocycles. The number of carbonyl (C=O) groups is 1. The lowest BCUT2D eigenvalue weighted by molar-refractivity contribution is -0.120. The molecule has 16 heavy (non-hydrogen) atoms. The number of hydrogen-bond donors (Lipinski definition) is 3. The molecule has 0 heterocycles. The fourth-order valence-corrected chi connectivity index (χ4v) is 1.59.